The first kappa shape index (κ1) is 35.9. The van der Waals surface area contributed by atoms with Crippen LogP contribution in [0.1, 0.15) is 25.0 Å². The minimum atomic E-state index is -0.112. The molecule has 294 valence electrons. The van der Waals surface area contributed by atoms with Gasteiger partial charge in [0.15, 0.2) is 0 Å². The number of benzene rings is 8. The molecule has 62 heavy (non-hydrogen) atoms. The molecule has 0 fully saturated rings. The number of fused-ring (bicyclic) bond motifs is 7. The molecule has 0 radical (unpaired) electrons. The monoisotopic (exact) mass is 794 g/mol. The van der Waals surface area contributed by atoms with Crippen molar-refractivity contribution < 1.29 is 0 Å². The van der Waals surface area contributed by atoms with E-state index in [0.29, 0.717) is 0 Å². The molecule has 0 spiro atoms. The zero-order valence-corrected chi connectivity index (χ0v) is 34.6. The molecule has 4 nitrogen and oxygen atoms in total. The summed E-state index contributed by atoms with van der Waals surface area (Å²) in [6.45, 7) is 4.69. The fraction of sp³-hybridized carbons (Fsp3) is 0.0517. The smallest absolute Gasteiger partial charge is 0.0701 e. The number of hydrogen-bond acceptors (Lipinski definition) is 2. The molecule has 0 amide bonds. The molecule has 0 saturated carbocycles. The number of rotatable bonds is 7. The lowest BCUT2D eigenvalue weighted by Gasteiger charge is -2.28. The number of para-hydroxylation sites is 2. The summed E-state index contributed by atoms with van der Waals surface area (Å²) in [6.07, 6.45) is 4.03. The van der Waals surface area contributed by atoms with Gasteiger partial charge in [0.05, 0.1) is 22.2 Å². The van der Waals surface area contributed by atoms with Crippen molar-refractivity contribution in [2.24, 2.45) is 0 Å². The maximum atomic E-state index is 4.62. The quantitative estimate of drug-likeness (QED) is 0.161. The van der Waals surface area contributed by atoms with Crippen molar-refractivity contribution in [2.45, 2.75) is 19.3 Å². The maximum absolute atomic E-state index is 4.62. The van der Waals surface area contributed by atoms with E-state index < -0.39 is 0 Å². The van der Waals surface area contributed by atoms with Gasteiger partial charge in [-0.1, -0.05) is 117 Å². The molecule has 11 aromatic rings. The van der Waals surface area contributed by atoms with Crippen LogP contribution in [0, 0.1) is 0 Å². The highest BCUT2D eigenvalue weighted by atomic mass is 15.1. The van der Waals surface area contributed by atoms with Gasteiger partial charge in [-0.15, -0.1) is 0 Å². The molecule has 4 heteroatoms. The Labute approximate surface area is 361 Å². The van der Waals surface area contributed by atoms with Gasteiger partial charge in [-0.25, -0.2) is 0 Å². The van der Waals surface area contributed by atoms with E-state index in [1.165, 1.54) is 66.1 Å². The Bertz CT molecular complexity index is 3450. The van der Waals surface area contributed by atoms with E-state index in [-0.39, 0.29) is 5.41 Å². The van der Waals surface area contributed by atoms with Gasteiger partial charge < -0.3 is 14.0 Å². The molecule has 0 aliphatic heterocycles. The van der Waals surface area contributed by atoms with Crippen LogP contribution >= 0.6 is 0 Å². The Morgan fingerprint density at radius 2 is 1.06 bits per heavy atom. The van der Waals surface area contributed by atoms with Gasteiger partial charge in [0, 0.05) is 68.0 Å². The van der Waals surface area contributed by atoms with E-state index in [1.807, 2.05) is 18.3 Å². The molecule has 12 rings (SSSR count). The van der Waals surface area contributed by atoms with Crippen molar-refractivity contribution in [2.75, 3.05) is 4.90 Å². The fourth-order valence-corrected chi connectivity index (χ4v) is 9.89. The lowest BCUT2D eigenvalue weighted by Crippen LogP contribution is -2.16. The Hall–Kier alpha value is -7.95. The molecule has 0 unspecified atom stereocenters. The molecule has 0 N–H and O–H groups in total. The Balaban J connectivity index is 0.979. The Morgan fingerprint density at radius 1 is 0.435 bits per heavy atom. The van der Waals surface area contributed by atoms with Gasteiger partial charge >= 0.3 is 0 Å². The van der Waals surface area contributed by atoms with Gasteiger partial charge in [0.25, 0.3) is 0 Å². The molecule has 0 atom stereocenters. The lowest BCUT2D eigenvalue weighted by atomic mass is 9.82. The van der Waals surface area contributed by atoms with Crippen LogP contribution in [0.3, 0.4) is 0 Å². The molecule has 8 aromatic carbocycles. The molecule has 1 aliphatic carbocycles. The van der Waals surface area contributed by atoms with Crippen molar-refractivity contribution in [1.29, 1.82) is 0 Å². The van der Waals surface area contributed by atoms with Crippen LogP contribution in [0.15, 0.2) is 219 Å². The molecule has 3 aromatic heterocycles. The third-order valence-electron chi connectivity index (χ3n) is 13.0. The first-order valence-corrected chi connectivity index (χ1v) is 21.4. The molecule has 0 saturated heterocycles. The van der Waals surface area contributed by atoms with E-state index in [1.54, 1.807) is 0 Å². The average molecular weight is 795 g/mol. The summed E-state index contributed by atoms with van der Waals surface area (Å²) < 4.78 is 4.70. The third kappa shape index (κ3) is 5.72. The van der Waals surface area contributed by atoms with E-state index in [9.17, 15) is 0 Å². The first-order chi connectivity index (χ1) is 30.5. The lowest BCUT2D eigenvalue weighted by molar-refractivity contribution is 0.660. The minimum Gasteiger partial charge on any atom is -0.317 e. The van der Waals surface area contributed by atoms with Crippen molar-refractivity contribution in [3.8, 4) is 44.9 Å². The average Bonchev–Trinajstić information content (AvgIpc) is 3.97. The van der Waals surface area contributed by atoms with Gasteiger partial charge in [0.2, 0.25) is 0 Å². The molecular weight excluding hydrogens is 753 g/mol. The Kier molecular flexibility index (Phi) is 8.16. The Morgan fingerprint density at radius 3 is 1.81 bits per heavy atom. The highest BCUT2D eigenvalue weighted by Gasteiger charge is 2.35. The molecule has 3 heterocycles. The summed E-state index contributed by atoms with van der Waals surface area (Å²) in [6, 6.07) is 75.0. The largest absolute Gasteiger partial charge is 0.317 e. The standard InChI is InChI=1S/C58H42N4/c1-58(2)52-18-10-9-17-48(52)49-30-29-47(37-53(49)58)61(46-27-22-40(23-28-46)54-19-11-12-33-59-54)45-25-20-39(21-26-45)41-24-31-55-50(35-41)51-38-56-42(32-34-60(56)43-13-5-3-6-14-43)36-57(51)62(55)44-15-7-4-8-16-44/h3-38H,1-2H3. The fourth-order valence-electron chi connectivity index (χ4n) is 9.89. The summed E-state index contributed by atoms with van der Waals surface area (Å²) in [7, 11) is 0. The summed E-state index contributed by atoms with van der Waals surface area (Å²) in [5.74, 6) is 0. The highest BCUT2D eigenvalue weighted by molar-refractivity contribution is 6.14. The van der Waals surface area contributed by atoms with Gasteiger partial charge in [0.1, 0.15) is 0 Å². The predicted molar refractivity (Wildman–Crippen MR) is 259 cm³/mol. The summed E-state index contributed by atoms with van der Waals surface area (Å²) in [5.41, 5.74) is 18.8. The van der Waals surface area contributed by atoms with Gasteiger partial charge in [-0.2, -0.15) is 0 Å². The molecule has 1 aliphatic rings. The SMILES string of the molecule is CC1(C)c2ccccc2-c2ccc(N(c3ccc(-c4ccc5c(c4)c4cc6c(ccn6-c6ccccc6)cc4n5-c4ccccc4)cc3)c3ccc(-c4ccccn4)cc3)cc21. The van der Waals surface area contributed by atoms with Crippen LogP contribution in [0.25, 0.3) is 77.6 Å². The highest BCUT2D eigenvalue weighted by Crippen LogP contribution is 2.51. The van der Waals surface area contributed by atoms with Crippen LogP contribution in [-0.2, 0) is 5.41 Å². The number of pyridine rings is 1. The maximum Gasteiger partial charge on any atom is 0.0701 e. The van der Waals surface area contributed by atoms with Crippen LogP contribution in [0.2, 0.25) is 0 Å². The zero-order chi connectivity index (χ0) is 41.4. The van der Waals surface area contributed by atoms with Crippen LogP contribution in [-0.4, -0.2) is 14.1 Å². The topological polar surface area (TPSA) is 26.0 Å². The first-order valence-electron chi connectivity index (χ1n) is 21.4. The number of hydrogen-bond donors (Lipinski definition) is 0. The molecule has 0 bridgehead atoms. The third-order valence-corrected chi connectivity index (χ3v) is 13.0. The van der Waals surface area contributed by atoms with Crippen molar-refractivity contribution >= 4 is 49.8 Å². The van der Waals surface area contributed by atoms with Crippen molar-refractivity contribution in [1.82, 2.24) is 14.1 Å². The van der Waals surface area contributed by atoms with Crippen molar-refractivity contribution in [3.05, 3.63) is 230 Å². The minimum absolute atomic E-state index is 0.112. The summed E-state index contributed by atoms with van der Waals surface area (Å²) in [4.78, 5) is 7.00. The van der Waals surface area contributed by atoms with Crippen LogP contribution in [0.5, 0.6) is 0 Å². The number of nitrogens with zero attached hydrogens (tertiary/aromatic N) is 4. The normalized spacial score (nSPS) is 12.8. The molecular formula is C58H42N4. The summed E-state index contributed by atoms with van der Waals surface area (Å²) in [5, 5.41) is 3.67. The van der Waals surface area contributed by atoms with Crippen molar-refractivity contribution in [3.63, 3.8) is 0 Å². The number of anilines is 3. The van der Waals surface area contributed by atoms with E-state index in [4.69, 9.17) is 0 Å². The van der Waals surface area contributed by atoms with E-state index in [2.05, 4.69) is 233 Å². The summed E-state index contributed by atoms with van der Waals surface area (Å²) >= 11 is 0. The predicted octanol–water partition coefficient (Wildman–Crippen LogP) is 15.2. The van der Waals surface area contributed by atoms with Crippen LogP contribution < -0.4 is 4.90 Å². The van der Waals surface area contributed by atoms with E-state index in [0.717, 1.165) is 39.7 Å². The second-order valence-corrected chi connectivity index (χ2v) is 16.9. The van der Waals surface area contributed by atoms with Gasteiger partial charge in [-0.3, -0.25) is 4.98 Å². The second-order valence-electron chi connectivity index (χ2n) is 16.9. The zero-order valence-electron chi connectivity index (χ0n) is 34.6. The second kappa shape index (κ2) is 14.1. The van der Waals surface area contributed by atoms with Gasteiger partial charge in [-0.05, 0) is 137 Å². The van der Waals surface area contributed by atoms with E-state index >= 15 is 0 Å². The van der Waals surface area contributed by atoms with Crippen LogP contribution in [0.4, 0.5) is 17.1 Å². The number of aromatic nitrogens is 3.